The van der Waals surface area contributed by atoms with E-state index in [9.17, 15) is 14.9 Å². The van der Waals surface area contributed by atoms with Crippen LogP contribution in [-0.2, 0) is 37.8 Å². The third kappa shape index (κ3) is 3.08. The van der Waals surface area contributed by atoms with Gasteiger partial charge in [0.25, 0.3) is 5.56 Å². The van der Waals surface area contributed by atoms with Gasteiger partial charge in [0.15, 0.2) is 0 Å². The predicted molar refractivity (Wildman–Crippen MR) is 87.7 cm³/mol. The van der Waals surface area contributed by atoms with Crippen molar-refractivity contribution in [1.82, 2.24) is 4.57 Å². The second-order valence-electron chi connectivity index (χ2n) is 7.22. The molecule has 2 aliphatic heterocycles. The summed E-state index contributed by atoms with van der Waals surface area (Å²) < 4.78 is 18.5. The van der Waals surface area contributed by atoms with Gasteiger partial charge >= 0.3 is 5.97 Å². The van der Waals surface area contributed by atoms with Gasteiger partial charge in [0, 0.05) is 18.4 Å². The van der Waals surface area contributed by atoms with Crippen LogP contribution in [0.2, 0.25) is 0 Å². The van der Waals surface area contributed by atoms with Crippen molar-refractivity contribution in [2.45, 2.75) is 45.9 Å². The third-order valence-corrected chi connectivity index (χ3v) is 4.58. The van der Waals surface area contributed by atoms with E-state index in [-0.39, 0.29) is 24.0 Å². The first-order valence-corrected chi connectivity index (χ1v) is 8.43. The number of carbonyl (C=O) groups is 1. The fourth-order valence-corrected chi connectivity index (χ4v) is 3.25. The quantitative estimate of drug-likeness (QED) is 0.770. The Morgan fingerprint density at radius 1 is 1.40 bits per heavy atom. The first-order chi connectivity index (χ1) is 11.8. The predicted octanol–water partition coefficient (Wildman–Crippen LogP) is 1.46. The molecule has 1 spiro atoms. The number of carbonyl (C=O) groups excluding carboxylic acids is 1. The Labute approximate surface area is 146 Å². The summed E-state index contributed by atoms with van der Waals surface area (Å²) in [6.07, 6.45) is 0.382. The van der Waals surface area contributed by atoms with Crippen LogP contribution in [0, 0.1) is 16.7 Å². The van der Waals surface area contributed by atoms with Crippen LogP contribution in [0.4, 0.5) is 0 Å². The second kappa shape index (κ2) is 6.28. The molecular weight excluding hydrogens is 324 g/mol. The Balaban J connectivity index is 2.03. The van der Waals surface area contributed by atoms with Crippen LogP contribution in [0.25, 0.3) is 0 Å². The summed E-state index contributed by atoms with van der Waals surface area (Å²) in [7, 11) is 0. The molecule has 1 fully saturated rings. The van der Waals surface area contributed by atoms with E-state index in [4.69, 9.17) is 14.2 Å². The topological polar surface area (TPSA) is 90.6 Å². The van der Waals surface area contributed by atoms with Gasteiger partial charge in [-0.3, -0.25) is 9.59 Å². The Morgan fingerprint density at radius 2 is 2.08 bits per heavy atom. The van der Waals surface area contributed by atoms with E-state index in [0.717, 1.165) is 0 Å². The summed E-state index contributed by atoms with van der Waals surface area (Å²) in [4.78, 5) is 24.5. The summed E-state index contributed by atoms with van der Waals surface area (Å²) in [6.45, 7) is 7.49. The minimum atomic E-state index is -0.980. The maximum absolute atomic E-state index is 12.7. The summed E-state index contributed by atoms with van der Waals surface area (Å²) in [5, 5.41) is 9.37. The summed E-state index contributed by atoms with van der Waals surface area (Å²) in [6, 6.07) is 3.61. The van der Waals surface area contributed by atoms with Gasteiger partial charge in [0.2, 0.25) is 5.79 Å². The minimum Gasteiger partial charge on any atom is -0.466 e. The van der Waals surface area contributed by atoms with Crippen molar-refractivity contribution in [2.24, 2.45) is 5.41 Å². The molecular formula is C18H22N2O5. The molecule has 7 nitrogen and oxygen atoms in total. The molecule has 0 aromatic carbocycles. The lowest BCUT2D eigenvalue weighted by molar-refractivity contribution is -0.306. The van der Waals surface area contributed by atoms with Crippen molar-refractivity contribution in [3.8, 4) is 6.07 Å². The lowest BCUT2D eigenvalue weighted by Crippen LogP contribution is -2.45. The van der Waals surface area contributed by atoms with E-state index in [0.29, 0.717) is 37.4 Å². The van der Waals surface area contributed by atoms with Gasteiger partial charge in [-0.05, 0) is 18.6 Å². The third-order valence-electron chi connectivity index (χ3n) is 4.58. The number of rotatable bonds is 3. The molecule has 1 aromatic rings. The van der Waals surface area contributed by atoms with E-state index in [2.05, 4.69) is 0 Å². The monoisotopic (exact) mass is 346 g/mol. The molecule has 134 valence electrons. The van der Waals surface area contributed by atoms with Crippen molar-refractivity contribution in [3.63, 3.8) is 0 Å². The van der Waals surface area contributed by atoms with Gasteiger partial charge in [-0.2, -0.15) is 5.26 Å². The van der Waals surface area contributed by atoms with E-state index >= 15 is 0 Å². The molecule has 0 unspecified atom stereocenters. The molecule has 0 saturated carbocycles. The number of hydrogen-bond acceptors (Lipinski definition) is 6. The highest BCUT2D eigenvalue weighted by molar-refractivity contribution is 5.73. The fraction of sp³-hybridized carbons (Fsp3) is 0.611. The molecule has 3 rings (SSSR count). The van der Waals surface area contributed by atoms with Crippen molar-refractivity contribution in [3.05, 3.63) is 33.2 Å². The largest absolute Gasteiger partial charge is 0.466 e. The molecule has 3 heterocycles. The molecule has 0 atom stereocenters. The average molecular weight is 346 g/mol. The van der Waals surface area contributed by atoms with Crippen molar-refractivity contribution >= 4 is 5.97 Å². The van der Waals surface area contributed by atoms with Gasteiger partial charge in [-0.15, -0.1) is 0 Å². The minimum absolute atomic E-state index is 0.0232. The maximum Gasteiger partial charge on any atom is 0.310 e. The average Bonchev–Trinajstić information content (AvgIpc) is 2.90. The molecule has 0 N–H and O–H groups in total. The Kier molecular flexibility index (Phi) is 4.43. The highest BCUT2D eigenvalue weighted by Crippen LogP contribution is 2.42. The molecule has 1 saturated heterocycles. The van der Waals surface area contributed by atoms with Crippen LogP contribution < -0.4 is 5.56 Å². The summed E-state index contributed by atoms with van der Waals surface area (Å²) in [5.74, 6) is -1.45. The molecule has 0 amide bonds. The number of fused-ring (bicyclic) bond motifs is 2. The van der Waals surface area contributed by atoms with Gasteiger partial charge in [0.1, 0.15) is 11.6 Å². The first-order valence-electron chi connectivity index (χ1n) is 8.43. The zero-order chi connectivity index (χ0) is 18.2. The van der Waals surface area contributed by atoms with E-state index in [1.807, 2.05) is 19.9 Å². The molecule has 0 aliphatic carbocycles. The molecule has 0 radical (unpaired) electrons. The Morgan fingerprint density at radius 3 is 2.68 bits per heavy atom. The lowest BCUT2D eigenvalue weighted by Gasteiger charge is -2.41. The number of esters is 1. The molecule has 0 bridgehead atoms. The van der Waals surface area contributed by atoms with E-state index < -0.39 is 17.3 Å². The SMILES string of the molecule is CCOC(=O)Cc1cc2n(c(=O)c1C#N)CCC21OCC(C)(C)CO1. The standard InChI is InChI=1S/C18H22N2O5/c1-4-23-15(21)8-12-7-14-18(24-10-17(2,3)11-25-18)5-6-20(14)16(22)13(12)9-19/h7H,4-6,8,10-11H2,1-3H3. The molecule has 25 heavy (non-hydrogen) atoms. The summed E-state index contributed by atoms with van der Waals surface area (Å²) >= 11 is 0. The van der Waals surface area contributed by atoms with E-state index in [1.165, 1.54) is 4.57 Å². The highest BCUT2D eigenvalue weighted by Gasteiger charge is 2.47. The second-order valence-corrected chi connectivity index (χ2v) is 7.22. The maximum atomic E-state index is 12.7. The Bertz CT molecular complexity index is 793. The van der Waals surface area contributed by atoms with Gasteiger partial charge in [-0.25, -0.2) is 0 Å². The number of nitriles is 1. The Hall–Kier alpha value is -2.17. The van der Waals surface area contributed by atoms with Gasteiger partial charge < -0.3 is 18.8 Å². The lowest BCUT2D eigenvalue weighted by atomic mass is 9.93. The number of hydrogen-bond donors (Lipinski definition) is 0. The van der Waals surface area contributed by atoms with Crippen LogP contribution in [0.1, 0.15) is 44.0 Å². The van der Waals surface area contributed by atoms with Crippen molar-refractivity contribution in [1.29, 1.82) is 5.26 Å². The van der Waals surface area contributed by atoms with Crippen molar-refractivity contribution in [2.75, 3.05) is 19.8 Å². The number of nitrogens with zero attached hydrogens (tertiary/aromatic N) is 2. The molecule has 7 heteroatoms. The van der Waals surface area contributed by atoms with Crippen LogP contribution in [0.15, 0.2) is 10.9 Å². The fourth-order valence-electron chi connectivity index (χ4n) is 3.25. The first kappa shape index (κ1) is 17.6. The number of aromatic nitrogens is 1. The van der Waals surface area contributed by atoms with Crippen LogP contribution in [0.3, 0.4) is 0 Å². The van der Waals surface area contributed by atoms with Gasteiger partial charge in [0.05, 0.1) is 31.9 Å². The number of pyridine rings is 1. The van der Waals surface area contributed by atoms with Crippen LogP contribution in [0.5, 0.6) is 0 Å². The van der Waals surface area contributed by atoms with Crippen LogP contribution >= 0.6 is 0 Å². The van der Waals surface area contributed by atoms with Crippen LogP contribution in [-0.4, -0.2) is 30.4 Å². The highest BCUT2D eigenvalue weighted by atomic mass is 16.7. The summed E-state index contributed by atoms with van der Waals surface area (Å²) in [5.41, 5.74) is 0.402. The van der Waals surface area contributed by atoms with Gasteiger partial charge in [-0.1, -0.05) is 13.8 Å². The molecule has 1 aromatic heterocycles. The smallest absolute Gasteiger partial charge is 0.310 e. The van der Waals surface area contributed by atoms with E-state index in [1.54, 1.807) is 13.0 Å². The zero-order valence-electron chi connectivity index (χ0n) is 14.8. The zero-order valence-corrected chi connectivity index (χ0v) is 14.8. The normalized spacial score (nSPS) is 20.1. The molecule has 2 aliphatic rings. The number of ether oxygens (including phenoxy) is 3. The van der Waals surface area contributed by atoms with Crippen molar-refractivity contribution < 1.29 is 19.0 Å².